The molecule has 0 aliphatic carbocycles. The van der Waals surface area contributed by atoms with Gasteiger partial charge in [0, 0.05) is 18.5 Å². The summed E-state index contributed by atoms with van der Waals surface area (Å²) in [6, 6.07) is 15.2. The molecule has 1 amide bonds. The number of carbonyl (C=O) groups excluding carboxylic acids is 1. The van der Waals surface area contributed by atoms with E-state index >= 15 is 0 Å². The third-order valence-corrected chi connectivity index (χ3v) is 4.80. The van der Waals surface area contributed by atoms with E-state index in [-0.39, 0.29) is 12.1 Å². The highest BCUT2D eigenvalue weighted by molar-refractivity contribution is 5.83. The maximum absolute atomic E-state index is 12.5. The highest BCUT2D eigenvalue weighted by Gasteiger charge is 2.35. The molecule has 0 spiro atoms. The minimum atomic E-state index is -0.448. The Hall–Kier alpha value is -2.03. The van der Waals surface area contributed by atoms with Gasteiger partial charge in [-0.1, -0.05) is 49.4 Å². The van der Waals surface area contributed by atoms with Crippen LogP contribution in [-0.4, -0.2) is 29.2 Å². The third-order valence-electron chi connectivity index (χ3n) is 4.80. The summed E-state index contributed by atoms with van der Waals surface area (Å²) in [5.74, 6) is 0.296. The number of rotatable bonds is 2. The van der Waals surface area contributed by atoms with Crippen molar-refractivity contribution < 1.29 is 9.53 Å². The van der Waals surface area contributed by atoms with Crippen molar-refractivity contribution in [1.29, 1.82) is 0 Å². The molecule has 1 heterocycles. The van der Waals surface area contributed by atoms with Gasteiger partial charge in [-0.25, -0.2) is 4.79 Å². The summed E-state index contributed by atoms with van der Waals surface area (Å²) in [6.07, 6.45) is 1.90. The van der Waals surface area contributed by atoms with Crippen LogP contribution in [0.15, 0.2) is 42.5 Å². The van der Waals surface area contributed by atoms with E-state index in [1.807, 2.05) is 25.7 Å². The number of benzene rings is 2. The van der Waals surface area contributed by atoms with Gasteiger partial charge in [0.15, 0.2) is 0 Å². The van der Waals surface area contributed by atoms with Gasteiger partial charge < -0.3 is 9.64 Å². The monoisotopic (exact) mass is 325 g/mol. The fourth-order valence-corrected chi connectivity index (χ4v) is 3.57. The van der Waals surface area contributed by atoms with Gasteiger partial charge in [0.25, 0.3) is 0 Å². The van der Waals surface area contributed by atoms with Crippen LogP contribution in [0.2, 0.25) is 0 Å². The van der Waals surface area contributed by atoms with E-state index in [2.05, 4.69) is 49.4 Å². The average Bonchev–Trinajstić information content (AvgIpc) is 3.02. The summed E-state index contributed by atoms with van der Waals surface area (Å²) < 4.78 is 5.60. The number of nitrogens with zero attached hydrogens (tertiary/aromatic N) is 1. The molecule has 1 fully saturated rings. The molecule has 128 valence electrons. The van der Waals surface area contributed by atoms with Crippen molar-refractivity contribution in [1.82, 2.24) is 4.90 Å². The standard InChI is InChI=1S/C21H27NO2/c1-15(17-12-11-16-8-5-6-9-18(16)14-17)19-10-7-13-22(19)20(23)24-21(2,3)4/h5-6,8-9,11-12,14-15,19H,7,10,13H2,1-4H3/t15-,19-/m1/s1. The number of fused-ring (bicyclic) bond motifs is 1. The summed E-state index contributed by atoms with van der Waals surface area (Å²) in [5.41, 5.74) is 0.838. The molecule has 0 bridgehead atoms. The zero-order valence-corrected chi connectivity index (χ0v) is 15.1. The third kappa shape index (κ3) is 3.55. The van der Waals surface area contributed by atoms with E-state index < -0.39 is 5.60 Å². The topological polar surface area (TPSA) is 29.5 Å². The minimum Gasteiger partial charge on any atom is -0.444 e. The van der Waals surface area contributed by atoms with Crippen molar-refractivity contribution in [3.8, 4) is 0 Å². The first-order chi connectivity index (χ1) is 11.3. The lowest BCUT2D eigenvalue weighted by atomic mass is 9.90. The average molecular weight is 325 g/mol. The first kappa shape index (κ1) is 16.8. The highest BCUT2D eigenvalue weighted by atomic mass is 16.6. The number of ether oxygens (including phenoxy) is 1. The molecule has 3 heteroatoms. The summed E-state index contributed by atoms with van der Waals surface area (Å²) in [6.45, 7) is 8.77. The van der Waals surface area contributed by atoms with E-state index in [9.17, 15) is 4.79 Å². The summed E-state index contributed by atoms with van der Waals surface area (Å²) in [7, 11) is 0. The molecule has 3 nitrogen and oxygen atoms in total. The largest absolute Gasteiger partial charge is 0.444 e. The van der Waals surface area contributed by atoms with Crippen LogP contribution in [0.3, 0.4) is 0 Å². The van der Waals surface area contributed by atoms with Crippen LogP contribution in [0.1, 0.15) is 52.0 Å². The van der Waals surface area contributed by atoms with Gasteiger partial charge in [-0.3, -0.25) is 0 Å². The van der Waals surface area contributed by atoms with Crippen LogP contribution in [-0.2, 0) is 4.74 Å². The number of hydrogen-bond acceptors (Lipinski definition) is 2. The SMILES string of the molecule is C[C@H](c1ccc2ccccc2c1)[C@H]1CCCN1C(=O)OC(C)(C)C. The fourth-order valence-electron chi connectivity index (χ4n) is 3.57. The van der Waals surface area contributed by atoms with E-state index in [0.717, 1.165) is 19.4 Å². The lowest BCUT2D eigenvalue weighted by Gasteiger charge is -2.32. The van der Waals surface area contributed by atoms with Crippen LogP contribution < -0.4 is 0 Å². The molecule has 0 N–H and O–H groups in total. The quantitative estimate of drug-likeness (QED) is 0.745. The fraction of sp³-hybridized carbons (Fsp3) is 0.476. The summed E-state index contributed by atoms with van der Waals surface area (Å²) >= 11 is 0. The highest BCUT2D eigenvalue weighted by Crippen LogP contribution is 2.33. The second-order valence-corrected chi connectivity index (χ2v) is 7.78. The number of carbonyl (C=O) groups is 1. The first-order valence-electron chi connectivity index (χ1n) is 8.83. The molecule has 2 atom stereocenters. The first-order valence-corrected chi connectivity index (χ1v) is 8.83. The number of likely N-dealkylation sites (tertiary alicyclic amines) is 1. The van der Waals surface area contributed by atoms with Crippen LogP contribution in [0.4, 0.5) is 4.79 Å². The Morgan fingerprint density at radius 3 is 2.58 bits per heavy atom. The van der Waals surface area contributed by atoms with Gasteiger partial charge in [-0.15, -0.1) is 0 Å². The van der Waals surface area contributed by atoms with Gasteiger partial charge in [0.1, 0.15) is 5.60 Å². The van der Waals surface area contributed by atoms with Crippen LogP contribution in [0.5, 0.6) is 0 Å². The van der Waals surface area contributed by atoms with Crippen molar-refractivity contribution in [2.75, 3.05) is 6.54 Å². The Morgan fingerprint density at radius 2 is 1.88 bits per heavy atom. The Bertz CT molecular complexity index is 732. The zero-order valence-electron chi connectivity index (χ0n) is 15.1. The van der Waals surface area contributed by atoms with Crippen molar-refractivity contribution >= 4 is 16.9 Å². The van der Waals surface area contributed by atoms with E-state index in [1.54, 1.807) is 0 Å². The molecule has 1 aliphatic heterocycles. The van der Waals surface area contributed by atoms with Crippen LogP contribution in [0.25, 0.3) is 10.8 Å². The predicted octanol–water partition coefficient (Wildman–Crippen LogP) is 5.34. The molecule has 0 aromatic heterocycles. The Morgan fingerprint density at radius 1 is 1.17 bits per heavy atom. The molecule has 1 aliphatic rings. The molecule has 0 saturated carbocycles. The lowest BCUT2D eigenvalue weighted by molar-refractivity contribution is 0.0209. The Kier molecular flexibility index (Phi) is 4.53. The van der Waals surface area contributed by atoms with Crippen molar-refractivity contribution in [3.63, 3.8) is 0 Å². The molecule has 1 saturated heterocycles. The van der Waals surface area contributed by atoms with Gasteiger partial charge in [0.2, 0.25) is 0 Å². The summed E-state index contributed by atoms with van der Waals surface area (Å²) in [5, 5.41) is 2.51. The van der Waals surface area contributed by atoms with Crippen LogP contribution >= 0.6 is 0 Å². The van der Waals surface area contributed by atoms with Gasteiger partial charge in [0.05, 0.1) is 0 Å². The Labute approximate surface area is 144 Å². The molecule has 2 aromatic carbocycles. The molecule has 3 rings (SSSR count). The maximum Gasteiger partial charge on any atom is 0.410 e. The second-order valence-electron chi connectivity index (χ2n) is 7.78. The molecule has 0 unspecified atom stereocenters. The second kappa shape index (κ2) is 6.46. The van der Waals surface area contributed by atoms with E-state index in [4.69, 9.17) is 4.74 Å². The van der Waals surface area contributed by atoms with E-state index in [1.165, 1.54) is 16.3 Å². The number of hydrogen-bond donors (Lipinski definition) is 0. The predicted molar refractivity (Wildman–Crippen MR) is 98.3 cm³/mol. The Balaban J connectivity index is 1.81. The number of amides is 1. The molecule has 2 aromatic rings. The van der Waals surface area contributed by atoms with Crippen molar-refractivity contribution in [2.24, 2.45) is 0 Å². The molecule has 0 radical (unpaired) electrons. The van der Waals surface area contributed by atoms with Crippen molar-refractivity contribution in [3.05, 3.63) is 48.0 Å². The normalized spacial score (nSPS) is 19.5. The van der Waals surface area contributed by atoms with Gasteiger partial charge in [-0.2, -0.15) is 0 Å². The van der Waals surface area contributed by atoms with Crippen molar-refractivity contribution in [2.45, 2.75) is 58.1 Å². The molecule has 24 heavy (non-hydrogen) atoms. The molecular weight excluding hydrogens is 298 g/mol. The molecular formula is C21H27NO2. The van der Waals surface area contributed by atoms with Gasteiger partial charge in [-0.05, 0) is 49.9 Å². The maximum atomic E-state index is 12.5. The zero-order chi connectivity index (χ0) is 17.3. The minimum absolute atomic E-state index is 0.183. The lowest BCUT2D eigenvalue weighted by Crippen LogP contribution is -2.41. The van der Waals surface area contributed by atoms with E-state index in [0.29, 0.717) is 5.92 Å². The smallest absolute Gasteiger partial charge is 0.410 e. The van der Waals surface area contributed by atoms with Crippen LogP contribution in [0, 0.1) is 0 Å². The van der Waals surface area contributed by atoms with Gasteiger partial charge >= 0.3 is 6.09 Å². The summed E-state index contributed by atoms with van der Waals surface area (Å²) in [4.78, 5) is 14.4.